The van der Waals surface area contributed by atoms with Crippen molar-refractivity contribution < 1.29 is 18.8 Å². The smallest absolute Gasteiger partial charge is 0.270 e. The number of aromatic amines is 2. The molecule has 3 atom stereocenters. The normalized spacial score (nSPS) is 19.8. The van der Waals surface area contributed by atoms with Gasteiger partial charge in [0, 0.05) is 35.8 Å². The van der Waals surface area contributed by atoms with Crippen LogP contribution in [-0.2, 0) is 4.79 Å². The van der Waals surface area contributed by atoms with E-state index in [1.54, 1.807) is 18.2 Å². The summed E-state index contributed by atoms with van der Waals surface area (Å²) >= 11 is 0. The fourth-order valence-corrected chi connectivity index (χ4v) is 6.23. The maximum absolute atomic E-state index is 14.2. The number of carbonyl (C=O) groups is 3. The second kappa shape index (κ2) is 9.07. The molecule has 39 heavy (non-hydrogen) atoms. The van der Waals surface area contributed by atoms with Gasteiger partial charge in [0.1, 0.15) is 11.5 Å². The van der Waals surface area contributed by atoms with Gasteiger partial charge in [-0.05, 0) is 48.6 Å². The molecular weight excluding hydrogens is 495 g/mol. The summed E-state index contributed by atoms with van der Waals surface area (Å²) in [4.78, 5) is 50.4. The Morgan fingerprint density at radius 2 is 1.67 bits per heavy atom. The Morgan fingerprint density at radius 3 is 2.36 bits per heavy atom. The number of aryl methyl sites for hydroxylation is 1. The number of H-pyrrole nitrogens is 2. The number of nitrogens with zero attached hydrogens (tertiary/aromatic N) is 2. The van der Waals surface area contributed by atoms with Crippen LogP contribution in [0.15, 0.2) is 48.5 Å². The second-order valence-electron chi connectivity index (χ2n) is 12.2. The van der Waals surface area contributed by atoms with Crippen LogP contribution < -0.4 is 0 Å². The van der Waals surface area contributed by atoms with E-state index in [1.165, 1.54) is 6.07 Å². The quantitative estimate of drug-likeness (QED) is 0.337. The lowest BCUT2D eigenvalue weighted by Gasteiger charge is -2.39. The van der Waals surface area contributed by atoms with Crippen LogP contribution in [0.1, 0.15) is 60.2 Å². The Kier molecular flexibility index (Phi) is 5.90. The zero-order valence-corrected chi connectivity index (χ0v) is 22.7. The van der Waals surface area contributed by atoms with Gasteiger partial charge in [-0.1, -0.05) is 45.0 Å². The maximum atomic E-state index is 14.2. The van der Waals surface area contributed by atoms with E-state index < -0.39 is 17.2 Å². The van der Waals surface area contributed by atoms with Crippen LogP contribution in [0.4, 0.5) is 4.39 Å². The van der Waals surface area contributed by atoms with Gasteiger partial charge in [0.05, 0.1) is 29.2 Å². The van der Waals surface area contributed by atoms with Gasteiger partial charge in [0.25, 0.3) is 5.91 Å². The first-order valence-corrected chi connectivity index (χ1v) is 13.5. The molecule has 0 spiro atoms. The summed E-state index contributed by atoms with van der Waals surface area (Å²) in [6, 6.07) is 14.2. The molecule has 2 saturated heterocycles. The van der Waals surface area contributed by atoms with E-state index in [0.717, 1.165) is 22.9 Å². The van der Waals surface area contributed by atoms with E-state index in [9.17, 15) is 18.8 Å². The molecule has 4 heterocycles. The van der Waals surface area contributed by atoms with Crippen molar-refractivity contribution in [3.05, 3.63) is 71.3 Å². The maximum Gasteiger partial charge on any atom is 0.270 e. The molecule has 2 bridgehead atoms. The van der Waals surface area contributed by atoms with E-state index in [4.69, 9.17) is 0 Å². The highest BCUT2D eigenvalue weighted by Crippen LogP contribution is 2.38. The van der Waals surface area contributed by atoms with Crippen LogP contribution in [0.2, 0.25) is 0 Å². The number of amides is 2. The van der Waals surface area contributed by atoms with Crippen LogP contribution in [0.5, 0.6) is 0 Å². The summed E-state index contributed by atoms with van der Waals surface area (Å²) in [7, 11) is 0. The molecule has 0 aliphatic carbocycles. The minimum absolute atomic E-state index is 0.0296. The van der Waals surface area contributed by atoms with E-state index in [1.807, 2.05) is 61.8 Å². The summed E-state index contributed by atoms with van der Waals surface area (Å²) in [6.07, 6.45) is 0.769. The molecule has 2 amide bonds. The zero-order chi connectivity index (χ0) is 27.6. The van der Waals surface area contributed by atoms with Gasteiger partial charge in [-0.25, -0.2) is 4.39 Å². The molecule has 2 N–H and O–H groups in total. The highest BCUT2D eigenvalue weighted by Gasteiger charge is 2.50. The number of likely N-dealkylation sites (tertiary alicyclic amines) is 2. The Hall–Kier alpha value is -3.94. The molecule has 0 radical (unpaired) electrons. The molecule has 6 rings (SSSR count). The Balaban J connectivity index is 1.17. The van der Waals surface area contributed by atoms with E-state index in [2.05, 4.69) is 9.97 Å². The predicted molar refractivity (Wildman–Crippen MR) is 148 cm³/mol. The number of benzene rings is 2. The Labute approximate surface area is 226 Å². The number of hydrogen-bond acceptors (Lipinski definition) is 3. The van der Waals surface area contributed by atoms with Gasteiger partial charge in [0.15, 0.2) is 5.78 Å². The lowest BCUT2D eigenvalue weighted by Crippen LogP contribution is -2.53. The van der Waals surface area contributed by atoms with Crippen molar-refractivity contribution >= 4 is 39.4 Å². The molecule has 0 unspecified atom stereocenters. The van der Waals surface area contributed by atoms with Crippen molar-refractivity contribution in [1.82, 2.24) is 19.8 Å². The fourth-order valence-electron chi connectivity index (χ4n) is 6.23. The molecule has 2 fully saturated rings. The first-order chi connectivity index (χ1) is 18.5. The van der Waals surface area contributed by atoms with Gasteiger partial charge in [-0.3, -0.25) is 14.4 Å². The number of hydrogen-bond donors (Lipinski definition) is 2. The number of nitrogens with one attached hydrogen (secondary N) is 2. The Bertz CT molecular complexity index is 1630. The molecule has 2 aliphatic heterocycles. The minimum Gasteiger partial charge on any atom is -0.351 e. The number of para-hydroxylation sites is 1. The number of fused-ring (bicyclic) bond motifs is 4. The third-order valence-electron chi connectivity index (χ3n) is 8.43. The zero-order valence-electron chi connectivity index (χ0n) is 22.7. The van der Waals surface area contributed by atoms with Crippen molar-refractivity contribution in [2.45, 2.75) is 52.6 Å². The number of carbonyl (C=O) groups excluding carboxylic acids is 3. The number of piperazine rings is 1. The van der Waals surface area contributed by atoms with Gasteiger partial charge in [0.2, 0.25) is 5.91 Å². The molecule has 7 nitrogen and oxygen atoms in total. The number of halogens is 1. The molecule has 4 aromatic rings. The molecule has 2 aromatic carbocycles. The van der Waals surface area contributed by atoms with Crippen LogP contribution in [0, 0.1) is 24.1 Å². The number of rotatable bonds is 5. The molecule has 2 aliphatic rings. The van der Waals surface area contributed by atoms with Crippen LogP contribution in [-0.4, -0.2) is 62.5 Å². The molecule has 0 saturated carbocycles. The summed E-state index contributed by atoms with van der Waals surface area (Å²) in [5, 5.41) is 1.63. The first kappa shape index (κ1) is 25.3. The summed E-state index contributed by atoms with van der Waals surface area (Å²) in [5.41, 5.74) is 2.78. The number of ketones is 1. The second-order valence-corrected chi connectivity index (χ2v) is 12.2. The highest BCUT2D eigenvalue weighted by atomic mass is 19.1. The first-order valence-electron chi connectivity index (χ1n) is 13.5. The summed E-state index contributed by atoms with van der Waals surface area (Å²) in [5.74, 6) is -1.27. The molecule has 8 heteroatoms. The number of aromatic nitrogens is 2. The third-order valence-corrected chi connectivity index (χ3v) is 8.43. The van der Waals surface area contributed by atoms with Gasteiger partial charge < -0.3 is 19.8 Å². The van der Waals surface area contributed by atoms with Crippen molar-refractivity contribution in [3.63, 3.8) is 0 Å². The van der Waals surface area contributed by atoms with E-state index >= 15 is 0 Å². The largest absolute Gasteiger partial charge is 0.351 e. The third kappa shape index (κ3) is 4.41. The number of Topliss-reactive ketones (excluding diaryl/α,β-unsaturated/α-hetero) is 1. The topological polar surface area (TPSA) is 89.3 Å². The molecule has 202 valence electrons. The molecular formula is C31H33FN4O3. The lowest BCUT2D eigenvalue weighted by molar-refractivity contribution is -0.141. The van der Waals surface area contributed by atoms with E-state index in [0.29, 0.717) is 35.4 Å². The minimum atomic E-state index is -0.540. The summed E-state index contributed by atoms with van der Waals surface area (Å²) in [6.45, 7) is 8.87. The van der Waals surface area contributed by atoms with Crippen LogP contribution in [0.25, 0.3) is 21.8 Å². The van der Waals surface area contributed by atoms with Crippen molar-refractivity contribution in [3.8, 4) is 0 Å². The Morgan fingerprint density at radius 1 is 0.949 bits per heavy atom. The standard InChI is InChI=1S/C31H33FN4O3/c1-17-8-9-18-11-26(33-24(18)10-17)30(39)36-16-20-13-21(36)15-35(20)29(38)22(31(2,3)4)14-27(37)25-12-19-6-5-7-23(32)28(19)34-25/h5-12,20-22,33-34H,13-16H2,1-4H3/t20-,21-,22+/m0/s1. The highest BCUT2D eigenvalue weighted by molar-refractivity contribution is 6.02. The van der Waals surface area contributed by atoms with Crippen LogP contribution in [0.3, 0.4) is 0 Å². The predicted octanol–water partition coefficient (Wildman–Crippen LogP) is 5.46. The monoisotopic (exact) mass is 528 g/mol. The lowest BCUT2D eigenvalue weighted by atomic mass is 9.76. The van der Waals surface area contributed by atoms with E-state index in [-0.39, 0.29) is 36.1 Å². The van der Waals surface area contributed by atoms with Gasteiger partial charge in [-0.15, -0.1) is 0 Å². The average Bonchev–Trinajstić information content (AvgIpc) is 3.67. The fraction of sp³-hybridized carbons (Fsp3) is 0.387. The SMILES string of the molecule is Cc1ccc2cc(C(=O)N3C[C@@H]4C[C@H]3CN4C(=O)[C@@H](CC(=O)c3cc4cccc(F)c4[nH]3)C(C)(C)C)[nH]c2c1. The van der Waals surface area contributed by atoms with Crippen molar-refractivity contribution in [2.75, 3.05) is 13.1 Å². The summed E-state index contributed by atoms with van der Waals surface area (Å²) < 4.78 is 14.2. The van der Waals surface area contributed by atoms with Crippen molar-refractivity contribution in [2.24, 2.45) is 11.3 Å². The van der Waals surface area contributed by atoms with Gasteiger partial charge in [-0.2, -0.15) is 0 Å². The van der Waals surface area contributed by atoms with Crippen molar-refractivity contribution in [1.29, 1.82) is 0 Å². The van der Waals surface area contributed by atoms with Crippen LogP contribution >= 0.6 is 0 Å². The molecule has 2 aromatic heterocycles. The average molecular weight is 529 g/mol. The van der Waals surface area contributed by atoms with Gasteiger partial charge >= 0.3 is 0 Å².